The third-order valence-electron chi connectivity index (χ3n) is 4.75. The lowest BCUT2D eigenvalue weighted by Gasteiger charge is -2.38. The van der Waals surface area contributed by atoms with Gasteiger partial charge in [-0.3, -0.25) is 4.90 Å². The van der Waals surface area contributed by atoms with Crippen LogP contribution in [-0.2, 0) is 0 Å². The van der Waals surface area contributed by atoms with Crippen LogP contribution in [0.4, 0.5) is 5.69 Å². The lowest BCUT2D eigenvalue weighted by Crippen LogP contribution is -2.48. The molecule has 20 heavy (non-hydrogen) atoms. The number of hydrogen-bond donors (Lipinski definition) is 1. The van der Waals surface area contributed by atoms with Gasteiger partial charge in [-0.1, -0.05) is 17.7 Å². The molecule has 0 atom stereocenters. The molecule has 2 aliphatic heterocycles. The van der Waals surface area contributed by atoms with Gasteiger partial charge < -0.3 is 10.2 Å². The third-order valence-corrected chi connectivity index (χ3v) is 4.75. The number of aryl methyl sites for hydroxylation is 1. The van der Waals surface area contributed by atoms with E-state index in [-0.39, 0.29) is 0 Å². The molecule has 0 spiro atoms. The fourth-order valence-corrected chi connectivity index (χ4v) is 3.37. The number of piperidine rings is 1. The fourth-order valence-electron chi connectivity index (χ4n) is 3.37. The molecule has 2 fully saturated rings. The predicted molar refractivity (Wildman–Crippen MR) is 85.4 cm³/mol. The number of hydrogen-bond acceptors (Lipinski definition) is 3. The van der Waals surface area contributed by atoms with Gasteiger partial charge in [-0.05, 0) is 50.9 Å². The molecule has 2 heterocycles. The summed E-state index contributed by atoms with van der Waals surface area (Å²) in [6.45, 7) is 10.7. The SMILES string of the molecule is Cc1ccc(N2CCN(CC3CCNCC3)CC2)cc1. The van der Waals surface area contributed by atoms with Gasteiger partial charge in [0.05, 0.1) is 0 Å². The molecule has 0 amide bonds. The van der Waals surface area contributed by atoms with Crippen LogP contribution in [0.2, 0.25) is 0 Å². The van der Waals surface area contributed by atoms with E-state index < -0.39 is 0 Å². The zero-order chi connectivity index (χ0) is 13.8. The van der Waals surface area contributed by atoms with E-state index in [9.17, 15) is 0 Å². The highest BCUT2D eigenvalue weighted by molar-refractivity contribution is 5.47. The first-order chi connectivity index (χ1) is 9.81. The smallest absolute Gasteiger partial charge is 0.0367 e. The zero-order valence-electron chi connectivity index (χ0n) is 12.6. The van der Waals surface area contributed by atoms with Gasteiger partial charge in [0.1, 0.15) is 0 Å². The Morgan fingerprint density at radius 1 is 1.00 bits per heavy atom. The number of rotatable bonds is 3. The highest BCUT2D eigenvalue weighted by Gasteiger charge is 2.21. The Balaban J connectivity index is 1.47. The van der Waals surface area contributed by atoms with E-state index in [0.717, 1.165) is 5.92 Å². The molecule has 2 saturated heterocycles. The summed E-state index contributed by atoms with van der Waals surface area (Å²) >= 11 is 0. The molecule has 1 N–H and O–H groups in total. The van der Waals surface area contributed by atoms with Crippen LogP contribution in [0.15, 0.2) is 24.3 Å². The second-order valence-corrected chi connectivity index (χ2v) is 6.32. The number of benzene rings is 1. The summed E-state index contributed by atoms with van der Waals surface area (Å²) in [6.07, 6.45) is 2.72. The summed E-state index contributed by atoms with van der Waals surface area (Å²) < 4.78 is 0. The van der Waals surface area contributed by atoms with Gasteiger partial charge in [0, 0.05) is 38.4 Å². The van der Waals surface area contributed by atoms with Crippen molar-refractivity contribution in [2.75, 3.05) is 50.7 Å². The van der Waals surface area contributed by atoms with Crippen molar-refractivity contribution in [2.24, 2.45) is 5.92 Å². The Morgan fingerprint density at radius 2 is 1.65 bits per heavy atom. The van der Waals surface area contributed by atoms with Crippen molar-refractivity contribution in [3.05, 3.63) is 29.8 Å². The largest absolute Gasteiger partial charge is 0.369 e. The van der Waals surface area contributed by atoms with Crippen LogP contribution >= 0.6 is 0 Å². The molecule has 1 aromatic rings. The summed E-state index contributed by atoms with van der Waals surface area (Å²) in [7, 11) is 0. The predicted octanol–water partition coefficient (Wildman–Crippen LogP) is 2.12. The number of nitrogens with zero attached hydrogens (tertiary/aromatic N) is 2. The van der Waals surface area contributed by atoms with Gasteiger partial charge in [-0.15, -0.1) is 0 Å². The van der Waals surface area contributed by atoms with Crippen LogP contribution in [0, 0.1) is 12.8 Å². The summed E-state index contributed by atoms with van der Waals surface area (Å²) in [6, 6.07) is 8.96. The summed E-state index contributed by atoms with van der Waals surface area (Å²) in [5.41, 5.74) is 2.73. The van der Waals surface area contributed by atoms with E-state index in [4.69, 9.17) is 0 Å². The van der Waals surface area contributed by atoms with E-state index in [1.807, 2.05) is 0 Å². The molecule has 0 aliphatic carbocycles. The van der Waals surface area contributed by atoms with Gasteiger partial charge in [0.2, 0.25) is 0 Å². The second kappa shape index (κ2) is 6.59. The molecule has 110 valence electrons. The van der Waals surface area contributed by atoms with Crippen LogP contribution in [-0.4, -0.2) is 50.7 Å². The van der Waals surface area contributed by atoms with Gasteiger partial charge in [-0.25, -0.2) is 0 Å². The number of nitrogens with one attached hydrogen (secondary N) is 1. The minimum Gasteiger partial charge on any atom is -0.369 e. The minimum atomic E-state index is 0.919. The van der Waals surface area contributed by atoms with Crippen molar-refractivity contribution in [1.29, 1.82) is 0 Å². The van der Waals surface area contributed by atoms with Gasteiger partial charge in [0.25, 0.3) is 0 Å². The normalized spacial score (nSPS) is 22.1. The topological polar surface area (TPSA) is 18.5 Å². The highest BCUT2D eigenvalue weighted by atomic mass is 15.3. The van der Waals surface area contributed by atoms with Crippen molar-refractivity contribution in [3.8, 4) is 0 Å². The van der Waals surface area contributed by atoms with E-state index in [0.29, 0.717) is 0 Å². The Morgan fingerprint density at radius 3 is 2.30 bits per heavy atom. The monoisotopic (exact) mass is 273 g/mol. The molecule has 2 aliphatic rings. The third kappa shape index (κ3) is 3.53. The molecule has 0 radical (unpaired) electrons. The zero-order valence-corrected chi connectivity index (χ0v) is 12.6. The van der Waals surface area contributed by atoms with Crippen molar-refractivity contribution in [2.45, 2.75) is 19.8 Å². The van der Waals surface area contributed by atoms with Crippen LogP contribution in [0.3, 0.4) is 0 Å². The number of piperazine rings is 1. The minimum absolute atomic E-state index is 0.919. The maximum absolute atomic E-state index is 3.46. The van der Waals surface area contributed by atoms with E-state index in [1.54, 1.807) is 0 Å². The van der Waals surface area contributed by atoms with E-state index >= 15 is 0 Å². The van der Waals surface area contributed by atoms with Crippen LogP contribution in [0.1, 0.15) is 18.4 Å². The Kier molecular flexibility index (Phi) is 4.58. The molecule has 0 bridgehead atoms. The summed E-state index contributed by atoms with van der Waals surface area (Å²) in [5.74, 6) is 0.919. The van der Waals surface area contributed by atoms with Gasteiger partial charge in [0.15, 0.2) is 0 Å². The van der Waals surface area contributed by atoms with Crippen molar-refractivity contribution in [1.82, 2.24) is 10.2 Å². The lowest BCUT2D eigenvalue weighted by atomic mass is 9.97. The number of anilines is 1. The standard InChI is InChI=1S/C17H27N3/c1-15-2-4-17(5-3-15)20-12-10-19(11-13-20)14-16-6-8-18-9-7-16/h2-5,16,18H,6-14H2,1H3. The Labute approximate surface area is 123 Å². The van der Waals surface area contributed by atoms with Gasteiger partial charge >= 0.3 is 0 Å². The van der Waals surface area contributed by atoms with Crippen LogP contribution in [0.25, 0.3) is 0 Å². The first kappa shape index (κ1) is 13.9. The molecule has 0 unspecified atom stereocenters. The average molecular weight is 273 g/mol. The van der Waals surface area contributed by atoms with Crippen LogP contribution in [0.5, 0.6) is 0 Å². The van der Waals surface area contributed by atoms with Crippen molar-refractivity contribution < 1.29 is 0 Å². The average Bonchev–Trinajstić information content (AvgIpc) is 2.50. The van der Waals surface area contributed by atoms with Crippen LogP contribution < -0.4 is 10.2 Å². The molecule has 0 aromatic heterocycles. The maximum atomic E-state index is 3.46. The van der Waals surface area contributed by atoms with E-state index in [2.05, 4.69) is 46.3 Å². The Hall–Kier alpha value is -1.06. The molecular formula is C17H27N3. The second-order valence-electron chi connectivity index (χ2n) is 6.32. The van der Waals surface area contributed by atoms with E-state index in [1.165, 1.54) is 69.9 Å². The molecular weight excluding hydrogens is 246 g/mol. The van der Waals surface area contributed by atoms with Crippen molar-refractivity contribution >= 4 is 5.69 Å². The van der Waals surface area contributed by atoms with Gasteiger partial charge in [-0.2, -0.15) is 0 Å². The van der Waals surface area contributed by atoms with Crippen molar-refractivity contribution in [3.63, 3.8) is 0 Å². The Bertz CT molecular complexity index is 401. The fraction of sp³-hybridized carbons (Fsp3) is 0.647. The lowest BCUT2D eigenvalue weighted by molar-refractivity contribution is 0.196. The summed E-state index contributed by atoms with van der Waals surface area (Å²) in [5, 5.41) is 3.46. The summed E-state index contributed by atoms with van der Waals surface area (Å²) in [4.78, 5) is 5.19. The maximum Gasteiger partial charge on any atom is 0.0367 e. The quantitative estimate of drug-likeness (QED) is 0.910. The first-order valence-corrected chi connectivity index (χ1v) is 8.06. The highest BCUT2D eigenvalue weighted by Crippen LogP contribution is 2.19. The first-order valence-electron chi connectivity index (χ1n) is 8.06. The molecule has 3 rings (SSSR count). The molecule has 3 nitrogen and oxygen atoms in total. The molecule has 3 heteroatoms. The molecule has 1 aromatic carbocycles. The molecule has 0 saturated carbocycles.